The van der Waals surface area contributed by atoms with E-state index in [2.05, 4.69) is 4.72 Å². The van der Waals surface area contributed by atoms with Crippen LogP contribution < -0.4 is 14.2 Å². The second kappa shape index (κ2) is 10.1. The van der Waals surface area contributed by atoms with Crippen LogP contribution in [-0.4, -0.2) is 15.5 Å². The number of hydrogen-bond acceptors (Lipinski definition) is 4. The minimum atomic E-state index is -3.70. The number of aryl methyl sites for hydroxylation is 1. The zero-order valence-electron chi connectivity index (χ0n) is 18.7. The molecular formula is C25H28FNO4S. The Hall–Kier alpha value is -2.90. The molecule has 0 atom stereocenters. The molecule has 7 heteroatoms. The predicted molar refractivity (Wildman–Crippen MR) is 123 cm³/mol. The Kier molecular flexibility index (Phi) is 7.53. The Balaban J connectivity index is 1.65. The van der Waals surface area contributed by atoms with E-state index in [1.54, 1.807) is 50.4 Å². The van der Waals surface area contributed by atoms with Crippen LogP contribution in [0.4, 0.5) is 4.39 Å². The molecular weight excluding hydrogens is 429 g/mol. The first-order valence-corrected chi connectivity index (χ1v) is 11.8. The highest BCUT2D eigenvalue weighted by atomic mass is 32.2. The number of rotatable bonds is 9. The molecule has 0 radical (unpaired) electrons. The molecule has 1 N–H and O–H groups in total. The SMILES string of the molecule is COc1cc(C)c(S(=O)(=O)NCc2ccc(OCc3ccc(F)cc3)cc2)cc1C(C)C. The van der Waals surface area contributed by atoms with Crippen LogP contribution in [0.2, 0.25) is 0 Å². The van der Waals surface area contributed by atoms with Crippen molar-refractivity contribution in [1.29, 1.82) is 0 Å². The van der Waals surface area contributed by atoms with Crippen LogP contribution in [-0.2, 0) is 23.2 Å². The summed E-state index contributed by atoms with van der Waals surface area (Å²) in [6, 6.07) is 16.8. The van der Waals surface area contributed by atoms with Gasteiger partial charge in [0.25, 0.3) is 0 Å². The second-order valence-corrected chi connectivity index (χ2v) is 9.63. The van der Waals surface area contributed by atoms with Crippen molar-refractivity contribution in [2.75, 3.05) is 7.11 Å². The topological polar surface area (TPSA) is 64.6 Å². The highest BCUT2D eigenvalue weighted by Crippen LogP contribution is 2.31. The van der Waals surface area contributed by atoms with E-state index in [1.807, 2.05) is 26.0 Å². The average molecular weight is 458 g/mol. The number of sulfonamides is 1. The van der Waals surface area contributed by atoms with Crippen LogP contribution >= 0.6 is 0 Å². The van der Waals surface area contributed by atoms with E-state index in [4.69, 9.17) is 9.47 Å². The van der Waals surface area contributed by atoms with Gasteiger partial charge >= 0.3 is 0 Å². The lowest BCUT2D eigenvalue weighted by molar-refractivity contribution is 0.306. The Morgan fingerprint density at radius 2 is 1.59 bits per heavy atom. The number of hydrogen-bond donors (Lipinski definition) is 1. The summed E-state index contributed by atoms with van der Waals surface area (Å²) in [5.74, 6) is 1.17. The molecule has 0 bridgehead atoms. The van der Waals surface area contributed by atoms with Crippen molar-refractivity contribution < 1.29 is 22.3 Å². The van der Waals surface area contributed by atoms with Gasteiger partial charge in [0.2, 0.25) is 10.0 Å². The maximum Gasteiger partial charge on any atom is 0.241 e. The smallest absolute Gasteiger partial charge is 0.241 e. The molecule has 0 aromatic heterocycles. The minimum Gasteiger partial charge on any atom is -0.496 e. The van der Waals surface area contributed by atoms with Gasteiger partial charge in [-0.3, -0.25) is 0 Å². The van der Waals surface area contributed by atoms with E-state index in [0.717, 1.165) is 16.7 Å². The van der Waals surface area contributed by atoms with Crippen molar-refractivity contribution in [3.63, 3.8) is 0 Å². The van der Waals surface area contributed by atoms with Crippen molar-refractivity contribution in [3.8, 4) is 11.5 Å². The molecule has 5 nitrogen and oxygen atoms in total. The van der Waals surface area contributed by atoms with Gasteiger partial charge in [-0.15, -0.1) is 0 Å². The van der Waals surface area contributed by atoms with Crippen LogP contribution in [0.3, 0.4) is 0 Å². The summed E-state index contributed by atoms with van der Waals surface area (Å²) in [5.41, 5.74) is 3.14. The minimum absolute atomic E-state index is 0.127. The zero-order valence-corrected chi connectivity index (χ0v) is 19.5. The third-order valence-electron chi connectivity index (χ3n) is 5.15. The van der Waals surface area contributed by atoms with Gasteiger partial charge in [-0.05, 0) is 71.5 Å². The lowest BCUT2D eigenvalue weighted by atomic mass is 10.0. The van der Waals surface area contributed by atoms with Crippen LogP contribution in [0.1, 0.15) is 42.0 Å². The molecule has 0 saturated carbocycles. The maximum atomic E-state index is 13.0. The Labute approximate surface area is 189 Å². The highest BCUT2D eigenvalue weighted by Gasteiger charge is 2.20. The lowest BCUT2D eigenvalue weighted by Crippen LogP contribution is -2.24. The summed E-state index contributed by atoms with van der Waals surface area (Å²) in [6.45, 7) is 6.23. The molecule has 0 fully saturated rings. The molecule has 0 spiro atoms. The second-order valence-electron chi connectivity index (χ2n) is 7.90. The molecule has 3 rings (SSSR count). The van der Waals surface area contributed by atoms with Gasteiger partial charge in [0, 0.05) is 6.54 Å². The molecule has 3 aromatic rings. The monoisotopic (exact) mass is 457 g/mol. The van der Waals surface area contributed by atoms with Crippen molar-refractivity contribution in [1.82, 2.24) is 4.72 Å². The maximum absolute atomic E-state index is 13.0. The van der Waals surface area contributed by atoms with Gasteiger partial charge in [-0.2, -0.15) is 0 Å². The zero-order chi connectivity index (χ0) is 23.3. The van der Waals surface area contributed by atoms with Gasteiger partial charge in [-0.25, -0.2) is 17.5 Å². The summed E-state index contributed by atoms with van der Waals surface area (Å²) >= 11 is 0. The van der Waals surface area contributed by atoms with Gasteiger partial charge in [0.15, 0.2) is 0 Å². The van der Waals surface area contributed by atoms with Crippen LogP contribution in [0.5, 0.6) is 11.5 Å². The summed E-state index contributed by atoms with van der Waals surface area (Å²) in [7, 11) is -2.11. The largest absolute Gasteiger partial charge is 0.496 e. The van der Waals surface area contributed by atoms with Gasteiger partial charge in [0.05, 0.1) is 12.0 Å². The number of halogens is 1. The van der Waals surface area contributed by atoms with Crippen LogP contribution in [0.25, 0.3) is 0 Å². The third kappa shape index (κ3) is 5.87. The fraction of sp³-hybridized carbons (Fsp3) is 0.280. The van der Waals surface area contributed by atoms with Crippen molar-refractivity contribution >= 4 is 10.0 Å². The van der Waals surface area contributed by atoms with E-state index in [9.17, 15) is 12.8 Å². The molecule has 170 valence electrons. The van der Waals surface area contributed by atoms with Crippen LogP contribution in [0.15, 0.2) is 65.6 Å². The molecule has 3 aromatic carbocycles. The summed E-state index contributed by atoms with van der Waals surface area (Å²) in [4.78, 5) is 0.251. The van der Waals surface area contributed by atoms with Gasteiger partial charge in [0.1, 0.15) is 23.9 Å². The highest BCUT2D eigenvalue weighted by molar-refractivity contribution is 7.89. The first-order valence-electron chi connectivity index (χ1n) is 10.3. The van der Waals surface area contributed by atoms with E-state index in [1.165, 1.54) is 12.1 Å². The summed E-state index contributed by atoms with van der Waals surface area (Å²) in [5, 5.41) is 0. The van der Waals surface area contributed by atoms with Gasteiger partial charge < -0.3 is 9.47 Å². The normalized spacial score (nSPS) is 11.6. The molecule has 0 aliphatic heterocycles. The quantitative estimate of drug-likeness (QED) is 0.472. The Bertz CT molecular complexity index is 1160. The average Bonchev–Trinajstić information content (AvgIpc) is 2.77. The van der Waals surface area contributed by atoms with Crippen molar-refractivity contribution in [3.05, 3.63) is 88.7 Å². The molecule has 0 unspecified atom stereocenters. The van der Waals surface area contributed by atoms with Crippen molar-refractivity contribution in [2.45, 2.75) is 44.7 Å². The Morgan fingerprint density at radius 3 is 2.19 bits per heavy atom. The third-order valence-corrected chi connectivity index (χ3v) is 6.69. The summed E-state index contributed by atoms with van der Waals surface area (Å²) < 4.78 is 52.7. The van der Waals surface area contributed by atoms with E-state index in [0.29, 0.717) is 23.7 Å². The van der Waals surface area contributed by atoms with E-state index < -0.39 is 10.0 Å². The van der Waals surface area contributed by atoms with Crippen molar-refractivity contribution in [2.24, 2.45) is 0 Å². The van der Waals surface area contributed by atoms with Crippen LogP contribution in [0, 0.1) is 12.7 Å². The molecule has 0 heterocycles. The molecule has 0 amide bonds. The Morgan fingerprint density at radius 1 is 0.969 bits per heavy atom. The fourth-order valence-corrected chi connectivity index (χ4v) is 4.58. The van der Waals surface area contributed by atoms with E-state index >= 15 is 0 Å². The number of nitrogens with one attached hydrogen (secondary N) is 1. The first kappa shape index (κ1) is 23.8. The molecule has 0 aliphatic rings. The number of ether oxygens (including phenoxy) is 2. The summed E-state index contributed by atoms with van der Waals surface area (Å²) in [6.07, 6.45) is 0. The first-order chi connectivity index (χ1) is 15.2. The fourth-order valence-electron chi connectivity index (χ4n) is 3.30. The molecule has 0 aliphatic carbocycles. The number of methoxy groups -OCH3 is 1. The lowest BCUT2D eigenvalue weighted by Gasteiger charge is -2.16. The molecule has 0 saturated heterocycles. The van der Waals surface area contributed by atoms with E-state index in [-0.39, 0.29) is 23.2 Å². The predicted octanol–water partition coefficient (Wildman–Crippen LogP) is 5.32. The van der Waals surface area contributed by atoms with Gasteiger partial charge in [-0.1, -0.05) is 38.1 Å². The number of benzene rings is 3. The molecule has 32 heavy (non-hydrogen) atoms. The standard InChI is InChI=1S/C25H28FNO4S/c1-17(2)23-14-25(18(3)13-24(23)30-4)32(28,29)27-15-19-7-11-22(12-8-19)31-16-20-5-9-21(26)10-6-20/h5-14,17,27H,15-16H2,1-4H3.